The quantitative estimate of drug-likeness (QED) is 0.545. The third-order valence-electron chi connectivity index (χ3n) is 7.01. The fourth-order valence-corrected chi connectivity index (χ4v) is 5.92. The van der Waals surface area contributed by atoms with Crippen LogP contribution in [-0.4, -0.2) is 16.6 Å². The Hall–Kier alpha value is -2.07. The van der Waals surface area contributed by atoms with E-state index in [9.17, 15) is 9.90 Å². The van der Waals surface area contributed by atoms with Crippen LogP contribution in [0.5, 0.6) is 0 Å². The zero-order valence-electron chi connectivity index (χ0n) is 17.3. The molecule has 152 valence electrons. The smallest absolute Gasteiger partial charge is 0.329 e. The van der Waals surface area contributed by atoms with Crippen molar-refractivity contribution in [1.82, 2.24) is 0 Å². The van der Waals surface area contributed by atoms with E-state index in [0.29, 0.717) is 18.8 Å². The largest absolute Gasteiger partial charge is 0.480 e. The van der Waals surface area contributed by atoms with Gasteiger partial charge in [-0.2, -0.15) is 0 Å². The first-order chi connectivity index (χ1) is 13.8. The molecule has 2 aromatic carbocycles. The Morgan fingerprint density at radius 1 is 1.07 bits per heavy atom. The number of nitrogens with one attached hydrogen (secondary N) is 1. The Bertz CT molecular complexity index is 984. The summed E-state index contributed by atoms with van der Waals surface area (Å²) in [5.41, 5.74) is 5.53. The number of hydrogen-bond donors (Lipinski definition) is 2. The topological polar surface area (TPSA) is 49.3 Å². The summed E-state index contributed by atoms with van der Waals surface area (Å²) in [6.45, 7) is 6.78. The summed E-state index contributed by atoms with van der Waals surface area (Å²) in [7, 11) is 0. The normalized spacial score (nSPS) is 26.1. The Morgan fingerprint density at radius 2 is 1.76 bits per heavy atom. The lowest BCUT2D eigenvalue weighted by Gasteiger charge is -2.45. The van der Waals surface area contributed by atoms with Crippen LogP contribution in [0.2, 0.25) is 0 Å². The van der Waals surface area contributed by atoms with Crippen molar-refractivity contribution in [1.29, 1.82) is 0 Å². The van der Waals surface area contributed by atoms with E-state index in [-0.39, 0.29) is 5.41 Å². The average molecular weight is 454 g/mol. The first kappa shape index (κ1) is 20.2. The lowest BCUT2D eigenvalue weighted by atomic mass is 9.62. The average Bonchev–Trinajstić information content (AvgIpc) is 2.92. The van der Waals surface area contributed by atoms with Crippen LogP contribution in [-0.2, 0) is 10.2 Å². The van der Waals surface area contributed by atoms with Gasteiger partial charge in [0.2, 0.25) is 0 Å². The molecule has 0 aliphatic heterocycles. The first-order valence-corrected chi connectivity index (χ1v) is 11.2. The van der Waals surface area contributed by atoms with E-state index in [2.05, 4.69) is 66.3 Å². The maximum atomic E-state index is 12.4. The summed E-state index contributed by atoms with van der Waals surface area (Å²) in [5, 5.41) is 13.5. The number of allylic oxidation sites excluding steroid dienone is 2. The standard InChI is InChI=1S/C25H28BrNO2/c1-16(2)22-17(3)24(21-10-5-4-9-20(21)22)11-13-25(14-12-24,23(28)29)27-19-8-6-7-18(26)15-19/h4-10,15-16,27H,11-14H2,1-3H3,(H,28,29). The zero-order chi connectivity index (χ0) is 20.8. The van der Waals surface area contributed by atoms with Crippen LogP contribution >= 0.6 is 15.9 Å². The zero-order valence-corrected chi connectivity index (χ0v) is 18.8. The molecule has 0 radical (unpaired) electrons. The van der Waals surface area contributed by atoms with Crippen molar-refractivity contribution in [3.05, 3.63) is 69.7 Å². The Balaban J connectivity index is 1.69. The SMILES string of the molecule is CC1=C(C(C)C)c2ccccc2C12CCC(Nc1cccc(Br)c1)(C(=O)O)CC2. The van der Waals surface area contributed by atoms with Crippen LogP contribution in [0.15, 0.2) is 58.6 Å². The minimum Gasteiger partial charge on any atom is -0.480 e. The number of carbonyl (C=O) groups is 1. The highest BCUT2D eigenvalue weighted by Gasteiger charge is 2.52. The van der Waals surface area contributed by atoms with Gasteiger partial charge in [-0.15, -0.1) is 0 Å². The molecule has 0 amide bonds. The van der Waals surface area contributed by atoms with E-state index in [0.717, 1.165) is 23.0 Å². The van der Waals surface area contributed by atoms with Gasteiger partial charge < -0.3 is 10.4 Å². The molecule has 2 aliphatic carbocycles. The van der Waals surface area contributed by atoms with Crippen LogP contribution in [0.1, 0.15) is 57.6 Å². The van der Waals surface area contributed by atoms with E-state index >= 15 is 0 Å². The van der Waals surface area contributed by atoms with Crippen molar-refractivity contribution < 1.29 is 9.90 Å². The monoisotopic (exact) mass is 453 g/mol. The fourth-order valence-electron chi connectivity index (χ4n) is 5.52. The van der Waals surface area contributed by atoms with Crippen molar-refractivity contribution >= 4 is 33.2 Å². The molecule has 0 unspecified atom stereocenters. The van der Waals surface area contributed by atoms with Crippen molar-refractivity contribution in [2.45, 2.75) is 57.4 Å². The highest BCUT2D eigenvalue weighted by Crippen LogP contribution is 2.57. The molecule has 2 aromatic rings. The number of benzene rings is 2. The minimum atomic E-state index is -0.929. The summed E-state index contributed by atoms with van der Waals surface area (Å²) >= 11 is 3.48. The lowest BCUT2D eigenvalue weighted by molar-refractivity contribution is -0.143. The highest BCUT2D eigenvalue weighted by molar-refractivity contribution is 9.10. The number of halogens is 1. The molecule has 1 spiro atoms. The fraction of sp³-hybridized carbons (Fsp3) is 0.400. The van der Waals surface area contributed by atoms with Crippen molar-refractivity contribution in [3.63, 3.8) is 0 Å². The molecule has 0 atom stereocenters. The molecule has 2 aliphatic rings. The van der Waals surface area contributed by atoms with Crippen LogP contribution in [0.4, 0.5) is 5.69 Å². The molecule has 0 bridgehead atoms. The highest BCUT2D eigenvalue weighted by atomic mass is 79.9. The second kappa shape index (κ2) is 7.32. The molecule has 4 heteroatoms. The predicted octanol–water partition coefficient (Wildman–Crippen LogP) is 6.64. The van der Waals surface area contributed by atoms with Crippen molar-refractivity contribution in [2.75, 3.05) is 5.32 Å². The molecule has 29 heavy (non-hydrogen) atoms. The molecule has 0 saturated heterocycles. The number of rotatable bonds is 4. The molecule has 3 nitrogen and oxygen atoms in total. The maximum Gasteiger partial charge on any atom is 0.329 e. The molecule has 1 fully saturated rings. The molecule has 4 rings (SSSR count). The summed E-state index contributed by atoms with van der Waals surface area (Å²) in [4.78, 5) is 12.4. The van der Waals surface area contributed by atoms with Crippen LogP contribution in [0.25, 0.3) is 5.57 Å². The number of carboxylic acid groups (broad SMARTS) is 1. The molecule has 0 heterocycles. The van der Waals surface area contributed by atoms with E-state index < -0.39 is 11.5 Å². The first-order valence-electron chi connectivity index (χ1n) is 10.4. The van der Waals surface area contributed by atoms with E-state index in [4.69, 9.17) is 0 Å². The predicted molar refractivity (Wildman–Crippen MR) is 122 cm³/mol. The van der Waals surface area contributed by atoms with Gasteiger partial charge in [0.15, 0.2) is 0 Å². The minimum absolute atomic E-state index is 0.0336. The molecule has 2 N–H and O–H groups in total. The molecular formula is C25H28BrNO2. The van der Waals surface area contributed by atoms with Crippen LogP contribution in [0.3, 0.4) is 0 Å². The van der Waals surface area contributed by atoms with Crippen LogP contribution in [0, 0.1) is 5.92 Å². The lowest BCUT2D eigenvalue weighted by Crippen LogP contribution is -2.52. The van der Waals surface area contributed by atoms with Crippen molar-refractivity contribution in [3.8, 4) is 0 Å². The third-order valence-corrected chi connectivity index (χ3v) is 7.50. The van der Waals surface area contributed by atoms with Crippen LogP contribution < -0.4 is 5.32 Å². The molecule has 1 saturated carbocycles. The summed E-state index contributed by atoms with van der Waals surface area (Å²) in [6.07, 6.45) is 2.90. The van der Waals surface area contributed by atoms with E-state index in [1.54, 1.807) is 0 Å². The van der Waals surface area contributed by atoms with Gasteiger partial charge in [-0.1, -0.05) is 65.7 Å². The molecular weight excluding hydrogens is 426 g/mol. The van der Waals surface area contributed by atoms with Gasteiger partial charge in [-0.3, -0.25) is 0 Å². The number of hydrogen-bond acceptors (Lipinski definition) is 2. The second-order valence-electron chi connectivity index (χ2n) is 8.84. The van der Waals surface area contributed by atoms with Gasteiger partial charge >= 0.3 is 5.97 Å². The number of aliphatic carboxylic acids is 1. The maximum absolute atomic E-state index is 12.4. The second-order valence-corrected chi connectivity index (χ2v) is 9.76. The van der Waals surface area contributed by atoms with E-state index in [1.807, 2.05) is 24.3 Å². The van der Waals surface area contributed by atoms with Gasteiger partial charge in [-0.05, 0) is 73.4 Å². The van der Waals surface area contributed by atoms with Gasteiger partial charge in [0.05, 0.1) is 0 Å². The van der Waals surface area contributed by atoms with Gasteiger partial charge in [0.25, 0.3) is 0 Å². The Labute approximate surface area is 181 Å². The summed E-state index contributed by atoms with van der Waals surface area (Å²) in [6, 6.07) is 16.5. The Morgan fingerprint density at radius 3 is 2.38 bits per heavy atom. The van der Waals surface area contributed by atoms with Gasteiger partial charge in [-0.25, -0.2) is 4.79 Å². The third kappa shape index (κ3) is 3.22. The number of carboxylic acids is 1. The Kier molecular flexibility index (Phi) is 5.10. The number of fused-ring (bicyclic) bond motifs is 2. The van der Waals surface area contributed by atoms with E-state index in [1.165, 1.54) is 22.3 Å². The van der Waals surface area contributed by atoms with Crippen molar-refractivity contribution in [2.24, 2.45) is 5.92 Å². The number of anilines is 1. The molecule has 0 aromatic heterocycles. The van der Waals surface area contributed by atoms with Gasteiger partial charge in [0, 0.05) is 15.6 Å². The summed E-state index contributed by atoms with van der Waals surface area (Å²) in [5.74, 6) is -0.300. The summed E-state index contributed by atoms with van der Waals surface area (Å²) < 4.78 is 0.945. The van der Waals surface area contributed by atoms with Gasteiger partial charge in [0.1, 0.15) is 5.54 Å².